The van der Waals surface area contributed by atoms with Crippen LogP contribution in [-0.4, -0.2) is 20.1 Å². The molecule has 1 unspecified atom stereocenters. The van der Waals surface area contributed by atoms with Crippen LogP contribution in [0.3, 0.4) is 0 Å². The molecular formula is C15H23NO2. The van der Waals surface area contributed by atoms with Crippen LogP contribution in [0.15, 0.2) is 24.3 Å². The quantitative estimate of drug-likeness (QED) is 0.815. The van der Waals surface area contributed by atoms with Gasteiger partial charge in [-0.15, -0.1) is 0 Å². The number of hydrogen-bond donors (Lipinski definition) is 1. The first kappa shape index (κ1) is 14.7. The third-order valence-corrected chi connectivity index (χ3v) is 3.27. The summed E-state index contributed by atoms with van der Waals surface area (Å²) in [6.45, 7) is 6.22. The van der Waals surface area contributed by atoms with Crippen LogP contribution in [-0.2, 0) is 21.5 Å². The molecule has 0 bridgehead atoms. The monoisotopic (exact) mass is 249 g/mol. The van der Waals surface area contributed by atoms with Gasteiger partial charge in [0, 0.05) is 0 Å². The van der Waals surface area contributed by atoms with E-state index in [2.05, 4.69) is 31.3 Å². The van der Waals surface area contributed by atoms with Gasteiger partial charge >= 0.3 is 5.97 Å². The minimum absolute atomic E-state index is 0.276. The number of carbonyl (C=O) groups excluding carboxylic acids is 1. The van der Waals surface area contributed by atoms with Crippen molar-refractivity contribution in [1.82, 2.24) is 5.32 Å². The number of hydrogen-bond acceptors (Lipinski definition) is 3. The molecule has 1 N–H and O–H groups in total. The van der Waals surface area contributed by atoms with E-state index in [-0.39, 0.29) is 5.97 Å². The van der Waals surface area contributed by atoms with Crippen LogP contribution in [0.2, 0.25) is 0 Å². The molecule has 0 aromatic heterocycles. The normalized spacial score (nSPS) is 14.3. The second kappa shape index (κ2) is 6.01. The van der Waals surface area contributed by atoms with Crippen LogP contribution in [0.1, 0.15) is 31.9 Å². The first-order valence-corrected chi connectivity index (χ1v) is 6.30. The fraction of sp³-hybridized carbons (Fsp3) is 0.533. The Morgan fingerprint density at radius 2 is 1.89 bits per heavy atom. The molecule has 18 heavy (non-hydrogen) atoms. The molecule has 1 atom stereocenters. The second-order valence-corrected chi connectivity index (χ2v) is 5.16. The van der Waals surface area contributed by atoms with E-state index >= 15 is 0 Å². The zero-order chi connectivity index (χ0) is 13.8. The van der Waals surface area contributed by atoms with E-state index in [0.29, 0.717) is 5.92 Å². The molecule has 0 spiro atoms. The number of likely N-dealkylation sites (N-methyl/N-ethyl adjacent to an activating group) is 1. The highest BCUT2D eigenvalue weighted by atomic mass is 16.5. The summed E-state index contributed by atoms with van der Waals surface area (Å²) in [5.74, 6) is 0.355. The maximum Gasteiger partial charge on any atom is 0.330 e. The van der Waals surface area contributed by atoms with Gasteiger partial charge in [0.15, 0.2) is 0 Å². The van der Waals surface area contributed by atoms with Crippen molar-refractivity contribution in [2.75, 3.05) is 14.2 Å². The van der Waals surface area contributed by atoms with Gasteiger partial charge in [-0.2, -0.15) is 0 Å². The van der Waals surface area contributed by atoms with Gasteiger partial charge in [0.2, 0.25) is 0 Å². The summed E-state index contributed by atoms with van der Waals surface area (Å²) in [7, 11) is 3.17. The molecule has 0 saturated carbocycles. The highest BCUT2D eigenvalue weighted by molar-refractivity contribution is 5.82. The molecule has 0 saturated heterocycles. The van der Waals surface area contributed by atoms with Crippen molar-refractivity contribution in [3.63, 3.8) is 0 Å². The molecule has 1 rings (SSSR count). The number of rotatable bonds is 5. The summed E-state index contributed by atoms with van der Waals surface area (Å²) >= 11 is 0. The van der Waals surface area contributed by atoms with Crippen molar-refractivity contribution in [2.45, 2.75) is 32.7 Å². The zero-order valence-electron chi connectivity index (χ0n) is 11.9. The minimum Gasteiger partial charge on any atom is -0.467 e. The van der Waals surface area contributed by atoms with Crippen LogP contribution in [0.5, 0.6) is 0 Å². The smallest absolute Gasteiger partial charge is 0.330 e. The van der Waals surface area contributed by atoms with Gasteiger partial charge in [-0.25, -0.2) is 4.79 Å². The lowest BCUT2D eigenvalue weighted by molar-refractivity contribution is -0.148. The molecule has 0 aliphatic heterocycles. The Balaban J connectivity index is 2.98. The number of nitrogens with one attached hydrogen (secondary N) is 1. The third kappa shape index (κ3) is 3.10. The maximum absolute atomic E-state index is 11.8. The van der Waals surface area contributed by atoms with Crippen molar-refractivity contribution in [3.8, 4) is 0 Å². The van der Waals surface area contributed by atoms with Crippen molar-refractivity contribution >= 4 is 5.97 Å². The Labute approximate surface area is 110 Å². The van der Waals surface area contributed by atoms with Crippen LogP contribution in [0.4, 0.5) is 0 Å². The predicted octanol–water partition coefficient (Wildman–Crippen LogP) is 2.49. The molecule has 0 radical (unpaired) electrons. The van der Waals surface area contributed by atoms with Crippen LogP contribution >= 0.6 is 0 Å². The van der Waals surface area contributed by atoms with Gasteiger partial charge in [0.05, 0.1) is 7.11 Å². The molecule has 0 amide bonds. The van der Waals surface area contributed by atoms with Crippen molar-refractivity contribution in [3.05, 3.63) is 35.4 Å². The Bertz CT molecular complexity index is 397. The van der Waals surface area contributed by atoms with E-state index in [0.717, 1.165) is 12.0 Å². The molecule has 3 nitrogen and oxygen atoms in total. The number of benzene rings is 1. The zero-order valence-corrected chi connectivity index (χ0v) is 11.9. The first-order chi connectivity index (χ1) is 8.43. The van der Waals surface area contributed by atoms with E-state index < -0.39 is 5.54 Å². The van der Waals surface area contributed by atoms with E-state index in [1.54, 1.807) is 7.05 Å². The standard InChI is InChI=1S/C15H23NO2/c1-11(2)10-12-6-8-13(9-7-12)15(3,16-4)14(17)18-5/h6-9,11,16H,10H2,1-5H3. The fourth-order valence-corrected chi connectivity index (χ4v) is 2.01. The average molecular weight is 249 g/mol. The SMILES string of the molecule is CNC(C)(C(=O)OC)c1ccc(CC(C)C)cc1. The molecule has 0 fully saturated rings. The summed E-state index contributed by atoms with van der Waals surface area (Å²) < 4.78 is 4.85. The molecule has 0 aliphatic rings. The Hall–Kier alpha value is -1.35. The van der Waals surface area contributed by atoms with E-state index in [1.165, 1.54) is 12.7 Å². The number of esters is 1. The van der Waals surface area contributed by atoms with Gasteiger partial charge in [0.25, 0.3) is 0 Å². The third-order valence-electron chi connectivity index (χ3n) is 3.27. The predicted molar refractivity (Wildman–Crippen MR) is 73.4 cm³/mol. The molecule has 1 aromatic carbocycles. The molecule has 1 aromatic rings. The van der Waals surface area contributed by atoms with Crippen LogP contribution in [0.25, 0.3) is 0 Å². The van der Waals surface area contributed by atoms with E-state index in [4.69, 9.17) is 4.74 Å². The Morgan fingerprint density at radius 3 is 2.28 bits per heavy atom. The van der Waals surface area contributed by atoms with Gasteiger partial charge < -0.3 is 10.1 Å². The second-order valence-electron chi connectivity index (χ2n) is 5.16. The lowest BCUT2D eigenvalue weighted by Gasteiger charge is -2.26. The molecular weight excluding hydrogens is 226 g/mol. The van der Waals surface area contributed by atoms with Crippen molar-refractivity contribution in [1.29, 1.82) is 0 Å². The summed E-state index contributed by atoms with van der Waals surface area (Å²) in [5, 5.41) is 3.03. The molecule has 0 heterocycles. The van der Waals surface area contributed by atoms with Gasteiger partial charge in [-0.3, -0.25) is 0 Å². The fourth-order valence-electron chi connectivity index (χ4n) is 2.01. The largest absolute Gasteiger partial charge is 0.467 e. The Kier molecular flexibility index (Phi) is 4.91. The first-order valence-electron chi connectivity index (χ1n) is 6.30. The Morgan fingerprint density at radius 1 is 1.33 bits per heavy atom. The highest BCUT2D eigenvalue weighted by Crippen LogP contribution is 2.23. The summed E-state index contributed by atoms with van der Waals surface area (Å²) in [4.78, 5) is 11.8. The van der Waals surface area contributed by atoms with Crippen molar-refractivity contribution in [2.24, 2.45) is 5.92 Å². The molecule has 3 heteroatoms. The van der Waals surface area contributed by atoms with Crippen LogP contribution in [0, 0.1) is 5.92 Å². The van der Waals surface area contributed by atoms with E-state index in [1.807, 2.05) is 19.1 Å². The number of ether oxygens (including phenoxy) is 1. The lowest BCUT2D eigenvalue weighted by atomic mass is 9.90. The summed E-state index contributed by atoms with van der Waals surface area (Å²) in [6, 6.07) is 8.14. The van der Waals surface area contributed by atoms with Gasteiger partial charge in [-0.1, -0.05) is 38.1 Å². The maximum atomic E-state index is 11.8. The van der Waals surface area contributed by atoms with Crippen LogP contribution < -0.4 is 5.32 Å². The minimum atomic E-state index is -0.787. The topological polar surface area (TPSA) is 38.3 Å². The average Bonchev–Trinajstić information content (AvgIpc) is 2.37. The number of carbonyl (C=O) groups is 1. The molecule has 0 aliphatic carbocycles. The highest BCUT2D eigenvalue weighted by Gasteiger charge is 2.34. The summed E-state index contributed by atoms with van der Waals surface area (Å²) in [6.07, 6.45) is 1.05. The molecule has 100 valence electrons. The summed E-state index contributed by atoms with van der Waals surface area (Å²) in [5.41, 5.74) is 1.42. The van der Waals surface area contributed by atoms with E-state index in [9.17, 15) is 4.79 Å². The van der Waals surface area contributed by atoms with Gasteiger partial charge in [0.1, 0.15) is 5.54 Å². The number of methoxy groups -OCH3 is 1. The van der Waals surface area contributed by atoms with Crippen molar-refractivity contribution < 1.29 is 9.53 Å². The lowest BCUT2D eigenvalue weighted by Crippen LogP contribution is -2.45. The van der Waals surface area contributed by atoms with Gasteiger partial charge in [-0.05, 0) is 37.4 Å².